The van der Waals surface area contributed by atoms with E-state index in [-0.39, 0.29) is 0 Å². The van der Waals surface area contributed by atoms with Crippen LogP contribution in [0.3, 0.4) is 0 Å². The number of amides is 1. The quantitative estimate of drug-likeness (QED) is 0.404. The van der Waals surface area contributed by atoms with Crippen molar-refractivity contribution >= 4 is 27.7 Å². The highest BCUT2D eigenvalue weighted by molar-refractivity contribution is 6.17. The summed E-state index contributed by atoms with van der Waals surface area (Å²) in [5, 5.41) is 1.88. The Hall–Kier alpha value is -3.07. The van der Waals surface area contributed by atoms with Crippen molar-refractivity contribution in [1.29, 1.82) is 0 Å². The molecule has 1 amide bonds. The van der Waals surface area contributed by atoms with Gasteiger partial charge in [0, 0.05) is 22.9 Å². The van der Waals surface area contributed by atoms with Gasteiger partial charge >= 0.3 is 0 Å². The van der Waals surface area contributed by atoms with E-state index in [4.69, 9.17) is 5.73 Å². The lowest BCUT2D eigenvalue weighted by Crippen LogP contribution is -2.11. The van der Waals surface area contributed by atoms with Gasteiger partial charge in [-0.05, 0) is 60.7 Å². The molecule has 4 rings (SSSR count). The Morgan fingerprint density at radius 1 is 1.07 bits per heavy atom. The zero-order valence-corrected chi connectivity index (χ0v) is 17.2. The summed E-state index contributed by atoms with van der Waals surface area (Å²) < 4.78 is 2.30. The molecule has 0 atom stereocenters. The van der Waals surface area contributed by atoms with Gasteiger partial charge in [-0.15, -0.1) is 0 Å². The molecule has 0 aliphatic carbocycles. The third kappa shape index (κ3) is 3.65. The van der Waals surface area contributed by atoms with Crippen molar-refractivity contribution in [3.8, 4) is 0 Å². The number of primary amides is 1. The lowest BCUT2D eigenvalue weighted by Gasteiger charge is -2.11. The van der Waals surface area contributed by atoms with Gasteiger partial charge in [0.2, 0.25) is 5.91 Å². The van der Waals surface area contributed by atoms with Gasteiger partial charge in [-0.3, -0.25) is 4.79 Å². The third-order valence-corrected chi connectivity index (χ3v) is 5.78. The maximum absolute atomic E-state index is 12.1. The van der Waals surface area contributed by atoms with Crippen LogP contribution in [0.4, 0.5) is 0 Å². The summed E-state index contributed by atoms with van der Waals surface area (Å²) in [6, 6.07) is 22.1. The van der Waals surface area contributed by atoms with Crippen LogP contribution in [0, 0.1) is 13.0 Å². The molecule has 147 valence electrons. The van der Waals surface area contributed by atoms with E-state index in [0.29, 0.717) is 5.56 Å². The minimum atomic E-state index is -0.397. The number of hydrogen-bond acceptors (Lipinski definition) is 1. The first kappa shape index (κ1) is 19.3. The summed E-state index contributed by atoms with van der Waals surface area (Å²) in [6.45, 7) is 5.11. The maximum Gasteiger partial charge on any atom is 0.249 e. The number of aryl methyl sites for hydroxylation is 2. The summed E-state index contributed by atoms with van der Waals surface area (Å²) in [7, 11) is 0. The molecule has 1 heterocycles. The van der Waals surface area contributed by atoms with Crippen LogP contribution in [0.25, 0.3) is 21.8 Å². The predicted molar refractivity (Wildman–Crippen MR) is 120 cm³/mol. The molecule has 3 aromatic carbocycles. The molecular weight excluding hydrogens is 356 g/mol. The number of benzene rings is 3. The molecule has 0 saturated heterocycles. The van der Waals surface area contributed by atoms with Crippen LogP contribution in [0.1, 0.15) is 53.2 Å². The van der Waals surface area contributed by atoms with Crippen LogP contribution in [-0.4, -0.2) is 10.5 Å². The van der Waals surface area contributed by atoms with Crippen molar-refractivity contribution in [2.45, 2.75) is 46.1 Å². The number of rotatable bonds is 7. The SMILES string of the molecule is CCCCCc1c[c]c2c3c(C(N)=O)cccc3n(Cc3ccccc3C)c2c1. The Kier molecular flexibility index (Phi) is 5.39. The number of carbonyl (C=O) groups is 1. The minimum Gasteiger partial charge on any atom is -0.366 e. The zero-order chi connectivity index (χ0) is 20.4. The highest BCUT2D eigenvalue weighted by Gasteiger charge is 2.17. The van der Waals surface area contributed by atoms with Crippen LogP contribution in [0.15, 0.2) is 54.6 Å². The lowest BCUT2D eigenvalue weighted by molar-refractivity contribution is 0.100. The van der Waals surface area contributed by atoms with E-state index < -0.39 is 5.91 Å². The maximum atomic E-state index is 12.1. The predicted octanol–water partition coefficient (Wildman–Crippen LogP) is 5.78. The number of fused-ring (bicyclic) bond motifs is 3. The van der Waals surface area contributed by atoms with Crippen LogP contribution >= 0.6 is 0 Å². The molecule has 1 aromatic heterocycles. The first-order valence-corrected chi connectivity index (χ1v) is 10.4. The summed E-state index contributed by atoms with van der Waals surface area (Å²) in [6.07, 6.45) is 4.67. The van der Waals surface area contributed by atoms with Gasteiger partial charge in [0.25, 0.3) is 0 Å². The van der Waals surface area contributed by atoms with E-state index >= 15 is 0 Å². The fourth-order valence-corrected chi connectivity index (χ4v) is 4.16. The van der Waals surface area contributed by atoms with E-state index in [1.165, 1.54) is 36.0 Å². The van der Waals surface area contributed by atoms with Crippen LogP contribution in [-0.2, 0) is 13.0 Å². The van der Waals surface area contributed by atoms with E-state index in [9.17, 15) is 4.79 Å². The van der Waals surface area contributed by atoms with E-state index in [2.05, 4.69) is 66.9 Å². The summed E-state index contributed by atoms with van der Waals surface area (Å²) >= 11 is 0. The molecule has 4 aromatic rings. The molecule has 0 bridgehead atoms. The van der Waals surface area contributed by atoms with E-state index in [1.807, 2.05) is 12.1 Å². The lowest BCUT2D eigenvalue weighted by atomic mass is 10.0. The molecule has 0 aliphatic rings. The first-order chi connectivity index (χ1) is 14.1. The molecule has 2 N–H and O–H groups in total. The monoisotopic (exact) mass is 383 g/mol. The Balaban J connectivity index is 1.94. The highest BCUT2D eigenvalue weighted by Crippen LogP contribution is 2.33. The molecule has 29 heavy (non-hydrogen) atoms. The minimum absolute atomic E-state index is 0.397. The molecule has 0 fully saturated rings. The molecule has 1 radical (unpaired) electrons. The second kappa shape index (κ2) is 8.12. The standard InChI is InChI=1S/C26H27N2O/c1-3-4-5-10-19-14-15-21-24(16-19)28(17-20-11-7-6-9-18(20)2)23-13-8-12-22(25(21)23)26(27)29/h6-9,11-14,16H,3-5,10,17H2,1-2H3,(H2,27,29). The van der Waals surface area contributed by atoms with Gasteiger partial charge in [0.15, 0.2) is 0 Å². The molecule has 3 nitrogen and oxygen atoms in total. The van der Waals surface area contributed by atoms with Crippen LogP contribution in [0.5, 0.6) is 0 Å². The largest absolute Gasteiger partial charge is 0.366 e. The summed E-state index contributed by atoms with van der Waals surface area (Å²) in [5.74, 6) is -0.397. The van der Waals surface area contributed by atoms with Gasteiger partial charge in [-0.1, -0.05) is 56.2 Å². The number of unbranched alkanes of at least 4 members (excludes halogenated alkanes) is 2. The molecular formula is C26H27N2O. The molecule has 0 spiro atoms. The van der Waals surface area contributed by atoms with Crippen molar-refractivity contribution in [1.82, 2.24) is 4.57 Å². The summed E-state index contributed by atoms with van der Waals surface area (Å²) in [4.78, 5) is 12.1. The zero-order valence-electron chi connectivity index (χ0n) is 17.2. The summed E-state index contributed by atoms with van der Waals surface area (Å²) in [5.41, 5.74) is 12.2. The number of nitrogens with zero attached hydrogens (tertiary/aromatic N) is 1. The van der Waals surface area contributed by atoms with Crippen LogP contribution < -0.4 is 5.73 Å². The topological polar surface area (TPSA) is 48.0 Å². The van der Waals surface area contributed by atoms with Gasteiger partial charge < -0.3 is 10.3 Å². The fourth-order valence-electron chi connectivity index (χ4n) is 4.16. The number of carbonyl (C=O) groups excluding carboxylic acids is 1. The molecule has 0 unspecified atom stereocenters. The molecule has 0 aliphatic heterocycles. The van der Waals surface area contributed by atoms with Gasteiger partial charge in [-0.2, -0.15) is 0 Å². The van der Waals surface area contributed by atoms with E-state index in [1.54, 1.807) is 0 Å². The average molecular weight is 384 g/mol. The van der Waals surface area contributed by atoms with Crippen molar-refractivity contribution in [2.24, 2.45) is 5.73 Å². The second-order valence-corrected chi connectivity index (χ2v) is 7.80. The van der Waals surface area contributed by atoms with Gasteiger partial charge in [-0.25, -0.2) is 0 Å². The molecule has 0 saturated carbocycles. The second-order valence-electron chi connectivity index (χ2n) is 7.80. The first-order valence-electron chi connectivity index (χ1n) is 10.4. The number of nitrogens with two attached hydrogens (primary N) is 1. The van der Waals surface area contributed by atoms with Gasteiger partial charge in [0.1, 0.15) is 0 Å². The Bertz CT molecular complexity index is 1190. The smallest absolute Gasteiger partial charge is 0.249 e. The Labute approximate surface area is 172 Å². The van der Waals surface area contributed by atoms with Crippen molar-refractivity contribution in [2.75, 3.05) is 0 Å². The average Bonchev–Trinajstić information content (AvgIpc) is 3.03. The highest BCUT2D eigenvalue weighted by atomic mass is 16.1. The number of aromatic nitrogens is 1. The Morgan fingerprint density at radius 3 is 2.66 bits per heavy atom. The van der Waals surface area contributed by atoms with Crippen LogP contribution in [0.2, 0.25) is 0 Å². The normalized spacial score (nSPS) is 11.4. The van der Waals surface area contributed by atoms with Crippen molar-refractivity contribution in [3.05, 3.63) is 82.9 Å². The number of hydrogen-bond donors (Lipinski definition) is 1. The Morgan fingerprint density at radius 2 is 1.90 bits per heavy atom. The fraction of sp³-hybridized carbons (Fsp3) is 0.269. The van der Waals surface area contributed by atoms with Crippen molar-refractivity contribution < 1.29 is 4.79 Å². The van der Waals surface area contributed by atoms with Gasteiger partial charge in [0.05, 0.1) is 11.0 Å². The van der Waals surface area contributed by atoms with Crippen molar-refractivity contribution in [3.63, 3.8) is 0 Å². The third-order valence-electron chi connectivity index (χ3n) is 5.78. The molecule has 3 heteroatoms. The van der Waals surface area contributed by atoms with E-state index in [0.717, 1.165) is 34.8 Å².